The van der Waals surface area contributed by atoms with Crippen molar-refractivity contribution in [2.45, 2.75) is 52.1 Å². The van der Waals surface area contributed by atoms with Gasteiger partial charge in [0.15, 0.2) is 5.78 Å². The Morgan fingerprint density at radius 1 is 1.11 bits per heavy atom. The van der Waals surface area contributed by atoms with E-state index < -0.39 is 0 Å². The molecule has 5 rings (SSSR count). The lowest BCUT2D eigenvalue weighted by atomic mass is 9.86. The van der Waals surface area contributed by atoms with Gasteiger partial charge in [-0.15, -0.1) is 0 Å². The van der Waals surface area contributed by atoms with E-state index in [1.54, 1.807) is 13.0 Å². The number of hydrogen-bond acceptors (Lipinski definition) is 2. The molecule has 2 unspecified atom stereocenters. The number of hydrogen-bond donors (Lipinski definition) is 2. The van der Waals surface area contributed by atoms with E-state index in [0.29, 0.717) is 12.5 Å². The average molecular weight is 467 g/mol. The third-order valence-electron chi connectivity index (χ3n) is 7.22. The highest BCUT2D eigenvalue weighted by Gasteiger charge is 2.22. The van der Waals surface area contributed by atoms with Crippen LogP contribution >= 0.6 is 0 Å². The standard InChI is InChI=1S/C31H31FN2O/c1-19-7-6-8-23-12-11-22(15-28(19)23)17-33-18-30-31(27-14-13-24(32)16-29(27)34-30)20(2)25-9-4-5-10-26(25)21(3)35/h4-6,8-16,19-20,33-34H,7,17-18H2,1-3H3. The lowest BCUT2D eigenvalue weighted by Gasteiger charge is -2.19. The molecule has 4 aromatic rings. The SMILES string of the molecule is CC(=O)c1ccccc1C(C)c1c(CNCc2ccc3c(c2)C(C)CC=C3)[nH]c2cc(F)ccc12. The molecule has 0 amide bonds. The zero-order chi connectivity index (χ0) is 24.5. The summed E-state index contributed by atoms with van der Waals surface area (Å²) < 4.78 is 14.0. The predicted octanol–water partition coefficient (Wildman–Crippen LogP) is 7.47. The number of nitrogens with one attached hydrogen (secondary N) is 2. The van der Waals surface area contributed by atoms with E-state index in [9.17, 15) is 9.18 Å². The van der Waals surface area contributed by atoms with Crippen molar-refractivity contribution in [3.8, 4) is 0 Å². The number of rotatable bonds is 7. The summed E-state index contributed by atoms with van der Waals surface area (Å²) in [6.07, 6.45) is 5.54. The second-order valence-corrected chi connectivity index (χ2v) is 9.68. The smallest absolute Gasteiger partial charge is 0.160 e. The van der Waals surface area contributed by atoms with Crippen molar-refractivity contribution in [1.29, 1.82) is 0 Å². The molecule has 1 aliphatic carbocycles. The van der Waals surface area contributed by atoms with E-state index in [-0.39, 0.29) is 17.5 Å². The molecule has 2 atom stereocenters. The van der Waals surface area contributed by atoms with Crippen LogP contribution in [0, 0.1) is 5.82 Å². The number of fused-ring (bicyclic) bond motifs is 2. The van der Waals surface area contributed by atoms with Gasteiger partial charge >= 0.3 is 0 Å². The normalized spacial score (nSPS) is 15.8. The van der Waals surface area contributed by atoms with Crippen molar-refractivity contribution >= 4 is 22.8 Å². The second-order valence-electron chi connectivity index (χ2n) is 9.68. The lowest BCUT2D eigenvalue weighted by molar-refractivity contribution is 0.101. The number of allylic oxidation sites excluding steroid dienone is 1. The largest absolute Gasteiger partial charge is 0.357 e. The minimum atomic E-state index is -0.265. The molecule has 4 heteroatoms. The van der Waals surface area contributed by atoms with Gasteiger partial charge in [0.2, 0.25) is 0 Å². The van der Waals surface area contributed by atoms with E-state index in [0.717, 1.165) is 46.3 Å². The molecule has 0 spiro atoms. The molecule has 35 heavy (non-hydrogen) atoms. The molecule has 0 radical (unpaired) electrons. The molecule has 1 aliphatic rings. The van der Waals surface area contributed by atoms with Gasteiger partial charge in [-0.05, 0) is 65.3 Å². The van der Waals surface area contributed by atoms with Crippen LogP contribution in [0.3, 0.4) is 0 Å². The van der Waals surface area contributed by atoms with Crippen molar-refractivity contribution < 1.29 is 9.18 Å². The highest BCUT2D eigenvalue weighted by atomic mass is 19.1. The number of ketones is 1. The molecule has 0 saturated heterocycles. The number of Topliss-reactive ketones (excluding diaryl/α,β-unsaturated/α-hetero) is 1. The van der Waals surface area contributed by atoms with Gasteiger partial charge < -0.3 is 10.3 Å². The molecule has 0 aliphatic heterocycles. The van der Waals surface area contributed by atoms with E-state index in [4.69, 9.17) is 0 Å². The first-order valence-electron chi connectivity index (χ1n) is 12.3. The minimum Gasteiger partial charge on any atom is -0.357 e. The highest BCUT2D eigenvalue weighted by molar-refractivity contribution is 5.96. The van der Waals surface area contributed by atoms with Gasteiger partial charge in [0, 0.05) is 41.2 Å². The van der Waals surface area contributed by atoms with E-state index in [1.807, 2.05) is 30.3 Å². The van der Waals surface area contributed by atoms with Gasteiger partial charge in [-0.25, -0.2) is 4.39 Å². The molecular weight excluding hydrogens is 435 g/mol. The number of carbonyl (C=O) groups excluding carboxylic acids is 1. The quantitative estimate of drug-likeness (QED) is 0.277. The van der Waals surface area contributed by atoms with Crippen molar-refractivity contribution in [2.75, 3.05) is 0 Å². The topological polar surface area (TPSA) is 44.9 Å². The number of aromatic amines is 1. The van der Waals surface area contributed by atoms with Crippen molar-refractivity contribution in [3.05, 3.63) is 112 Å². The van der Waals surface area contributed by atoms with E-state index in [1.165, 1.54) is 22.8 Å². The molecule has 178 valence electrons. The van der Waals surface area contributed by atoms with Crippen LogP contribution in [0.5, 0.6) is 0 Å². The maximum absolute atomic E-state index is 14.0. The number of halogens is 1. The third-order valence-corrected chi connectivity index (χ3v) is 7.22. The zero-order valence-corrected chi connectivity index (χ0v) is 20.5. The van der Waals surface area contributed by atoms with Crippen LogP contribution in [0.15, 0.2) is 66.7 Å². The number of benzene rings is 3. The van der Waals surface area contributed by atoms with Crippen LogP contribution in [-0.4, -0.2) is 10.8 Å². The number of H-pyrrole nitrogens is 1. The molecule has 0 bridgehead atoms. The lowest BCUT2D eigenvalue weighted by Crippen LogP contribution is -2.16. The summed E-state index contributed by atoms with van der Waals surface area (Å²) >= 11 is 0. The van der Waals surface area contributed by atoms with Crippen molar-refractivity contribution in [1.82, 2.24) is 10.3 Å². The van der Waals surface area contributed by atoms with Crippen LogP contribution in [0.4, 0.5) is 4.39 Å². The Morgan fingerprint density at radius 3 is 2.77 bits per heavy atom. The van der Waals surface area contributed by atoms with E-state index in [2.05, 4.69) is 54.5 Å². The summed E-state index contributed by atoms with van der Waals surface area (Å²) in [4.78, 5) is 15.8. The van der Waals surface area contributed by atoms with Crippen LogP contribution in [0.25, 0.3) is 17.0 Å². The molecule has 2 N–H and O–H groups in total. The summed E-state index contributed by atoms with van der Waals surface area (Å²) in [7, 11) is 0. The second kappa shape index (κ2) is 9.63. The van der Waals surface area contributed by atoms with Gasteiger partial charge in [0.05, 0.1) is 0 Å². The summed E-state index contributed by atoms with van der Waals surface area (Å²) in [6.45, 7) is 7.36. The van der Waals surface area contributed by atoms with Gasteiger partial charge in [0.25, 0.3) is 0 Å². The zero-order valence-electron chi connectivity index (χ0n) is 20.5. The molecule has 3 aromatic carbocycles. The molecule has 0 saturated carbocycles. The van der Waals surface area contributed by atoms with Crippen LogP contribution < -0.4 is 5.32 Å². The first-order valence-corrected chi connectivity index (χ1v) is 12.3. The number of carbonyl (C=O) groups is 1. The fraction of sp³-hybridized carbons (Fsp3) is 0.258. The fourth-order valence-corrected chi connectivity index (χ4v) is 5.40. The molecule has 0 fully saturated rings. The van der Waals surface area contributed by atoms with Gasteiger partial charge in [0.1, 0.15) is 5.82 Å². The molecular formula is C31H31FN2O. The first-order chi connectivity index (χ1) is 16.9. The highest BCUT2D eigenvalue weighted by Crippen LogP contribution is 2.36. The average Bonchev–Trinajstić information content (AvgIpc) is 3.21. The van der Waals surface area contributed by atoms with E-state index >= 15 is 0 Å². The monoisotopic (exact) mass is 466 g/mol. The summed E-state index contributed by atoms with van der Waals surface area (Å²) in [6, 6.07) is 19.4. The summed E-state index contributed by atoms with van der Waals surface area (Å²) in [5.74, 6) is 0.295. The molecule has 1 aromatic heterocycles. The Hall–Kier alpha value is -3.50. The van der Waals surface area contributed by atoms with Crippen molar-refractivity contribution in [2.24, 2.45) is 0 Å². The van der Waals surface area contributed by atoms with Crippen LogP contribution in [-0.2, 0) is 13.1 Å². The molecule has 1 heterocycles. The first kappa shape index (κ1) is 23.3. The van der Waals surface area contributed by atoms with Gasteiger partial charge in [-0.3, -0.25) is 4.79 Å². The maximum atomic E-state index is 14.0. The Kier molecular flexibility index (Phi) is 6.40. The van der Waals surface area contributed by atoms with Gasteiger partial charge in [-0.2, -0.15) is 0 Å². The van der Waals surface area contributed by atoms with Gasteiger partial charge in [-0.1, -0.05) is 68.5 Å². The van der Waals surface area contributed by atoms with Crippen molar-refractivity contribution in [3.63, 3.8) is 0 Å². The number of aromatic nitrogens is 1. The Labute approximate surface area is 206 Å². The molecule has 3 nitrogen and oxygen atoms in total. The summed E-state index contributed by atoms with van der Waals surface area (Å²) in [5.41, 5.74) is 8.59. The van der Waals surface area contributed by atoms with Crippen LogP contribution in [0.2, 0.25) is 0 Å². The maximum Gasteiger partial charge on any atom is 0.160 e. The Balaban J connectivity index is 1.45. The third kappa shape index (κ3) is 4.59. The Bertz CT molecular complexity index is 1430. The minimum absolute atomic E-state index is 0.0255. The summed E-state index contributed by atoms with van der Waals surface area (Å²) in [5, 5.41) is 4.58. The van der Waals surface area contributed by atoms with Crippen LogP contribution in [0.1, 0.15) is 82.9 Å². The Morgan fingerprint density at radius 2 is 1.94 bits per heavy atom. The predicted molar refractivity (Wildman–Crippen MR) is 141 cm³/mol. The fourth-order valence-electron chi connectivity index (χ4n) is 5.40.